The molecule has 4 nitrogen and oxygen atoms in total. The third kappa shape index (κ3) is 3.24. The van der Waals surface area contributed by atoms with Crippen molar-refractivity contribution in [1.82, 2.24) is 14.8 Å². The van der Waals surface area contributed by atoms with E-state index in [1.54, 1.807) is 0 Å². The average Bonchev–Trinajstić information content (AvgIpc) is 2.98. The van der Waals surface area contributed by atoms with Gasteiger partial charge in [-0.3, -0.25) is 9.89 Å². The molecule has 1 saturated heterocycles. The third-order valence-electron chi connectivity index (χ3n) is 5.04. The lowest BCUT2D eigenvalue weighted by Gasteiger charge is -2.38. The molecule has 2 heterocycles. The molecule has 4 heteroatoms. The summed E-state index contributed by atoms with van der Waals surface area (Å²) < 4.78 is 0. The van der Waals surface area contributed by atoms with Crippen LogP contribution in [0.3, 0.4) is 0 Å². The van der Waals surface area contributed by atoms with E-state index in [2.05, 4.69) is 57.5 Å². The summed E-state index contributed by atoms with van der Waals surface area (Å²) in [7, 11) is 3.93. The molecule has 1 fully saturated rings. The number of nitrogens with zero attached hydrogens (tertiary/aromatic N) is 3. The van der Waals surface area contributed by atoms with Crippen LogP contribution in [0.5, 0.6) is 0 Å². The standard InChI is InChI=1S/C20H28N4/c1-5-23(4)20(21-3)19-11-6-7-12-24(19)14-16-9-8-10-18-17(16)13-15(2)22-18/h5,8-10,13,19,22H,1,6-7,11-12,14H2,2-4H3. The molecule has 0 aliphatic carbocycles. The SMILES string of the molecule is C=CN(C)C(=NC)C1CCCCN1Cc1cccc2[nH]c(C)cc12. The first kappa shape index (κ1) is 16.8. The fourth-order valence-electron chi connectivity index (χ4n) is 3.82. The summed E-state index contributed by atoms with van der Waals surface area (Å²) in [5.41, 5.74) is 3.83. The summed E-state index contributed by atoms with van der Waals surface area (Å²) in [6.07, 6.45) is 5.53. The van der Waals surface area contributed by atoms with Crippen LogP contribution in [0.4, 0.5) is 0 Å². The Morgan fingerprint density at radius 3 is 3.04 bits per heavy atom. The van der Waals surface area contributed by atoms with Crippen LogP contribution >= 0.6 is 0 Å². The lowest BCUT2D eigenvalue weighted by Crippen LogP contribution is -2.48. The number of aryl methyl sites for hydroxylation is 1. The molecule has 0 bridgehead atoms. The number of aromatic nitrogens is 1. The summed E-state index contributed by atoms with van der Waals surface area (Å²) in [6.45, 7) is 8.10. The van der Waals surface area contributed by atoms with Crippen LogP contribution in [0.15, 0.2) is 42.0 Å². The number of H-pyrrole nitrogens is 1. The predicted octanol–water partition coefficient (Wildman–Crippen LogP) is 3.93. The fourth-order valence-corrected chi connectivity index (χ4v) is 3.82. The summed E-state index contributed by atoms with van der Waals surface area (Å²) >= 11 is 0. The van der Waals surface area contributed by atoms with E-state index in [1.807, 2.05) is 20.3 Å². The zero-order valence-corrected chi connectivity index (χ0v) is 15.0. The van der Waals surface area contributed by atoms with E-state index >= 15 is 0 Å². The number of rotatable bonds is 4. The highest BCUT2D eigenvalue weighted by molar-refractivity contribution is 5.88. The van der Waals surface area contributed by atoms with Crippen molar-refractivity contribution in [2.24, 2.45) is 4.99 Å². The van der Waals surface area contributed by atoms with Gasteiger partial charge in [0.1, 0.15) is 5.84 Å². The van der Waals surface area contributed by atoms with Gasteiger partial charge in [-0.15, -0.1) is 0 Å². The second-order valence-electron chi connectivity index (χ2n) is 6.69. The quantitative estimate of drug-likeness (QED) is 0.683. The number of hydrogen-bond acceptors (Lipinski definition) is 2. The highest BCUT2D eigenvalue weighted by atomic mass is 15.2. The Morgan fingerprint density at radius 1 is 1.46 bits per heavy atom. The summed E-state index contributed by atoms with van der Waals surface area (Å²) in [5.74, 6) is 1.11. The van der Waals surface area contributed by atoms with Gasteiger partial charge >= 0.3 is 0 Å². The molecule has 1 aliphatic rings. The minimum absolute atomic E-state index is 0.363. The fraction of sp³-hybridized carbons (Fsp3) is 0.450. The number of benzene rings is 1. The van der Waals surface area contributed by atoms with Gasteiger partial charge in [-0.2, -0.15) is 0 Å². The molecule has 24 heavy (non-hydrogen) atoms. The van der Waals surface area contributed by atoms with Gasteiger partial charge in [-0.05, 0) is 50.2 Å². The van der Waals surface area contributed by atoms with Crippen LogP contribution in [0.25, 0.3) is 10.9 Å². The second kappa shape index (κ2) is 7.22. The first-order valence-corrected chi connectivity index (χ1v) is 8.77. The van der Waals surface area contributed by atoms with E-state index in [4.69, 9.17) is 0 Å². The zero-order chi connectivity index (χ0) is 17.1. The Labute approximate surface area is 144 Å². The lowest BCUT2D eigenvalue weighted by atomic mass is 9.99. The lowest BCUT2D eigenvalue weighted by molar-refractivity contribution is 0.177. The molecule has 0 saturated carbocycles. The molecule has 0 spiro atoms. The van der Waals surface area contributed by atoms with Crippen molar-refractivity contribution in [3.63, 3.8) is 0 Å². The molecular weight excluding hydrogens is 296 g/mol. The number of fused-ring (bicyclic) bond motifs is 1. The van der Waals surface area contributed by atoms with Gasteiger partial charge in [-0.25, -0.2) is 0 Å². The number of likely N-dealkylation sites (N-methyl/N-ethyl adjacent to an activating group) is 1. The molecule has 1 N–H and O–H groups in total. The van der Waals surface area contributed by atoms with Crippen molar-refractivity contribution in [3.05, 3.63) is 48.3 Å². The summed E-state index contributed by atoms with van der Waals surface area (Å²) in [6, 6.07) is 9.18. The molecule has 1 atom stereocenters. The van der Waals surface area contributed by atoms with Crippen molar-refractivity contribution in [2.75, 3.05) is 20.6 Å². The van der Waals surface area contributed by atoms with E-state index in [1.165, 1.54) is 35.0 Å². The molecule has 0 amide bonds. The van der Waals surface area contributed by atoms with Gasteiger partial charge in [-0.1, -0.05) is 25.1 Å². The van der Waals surface area contributed by atoms with E-state index < -0.39 is 0 Å². The number of aromatic amines is 1. The van der Waals surface area contributed by atoms with Crippen molar-refractivity contribution in [1.29, 1.82) is 0 Å². The number of aliphatic imine (C=N–C) groups is 1. The van der Waals surface area contributed by atoms with Gasteiger partial charge in [0.2, 0.25) is 0 Å². The first-order valence-electron chi connectivity index (χ1n) is 8.77. The van der Waals surface area contributed by atoms with Crippen LogP contribution in [-0.2, 0) is 6.54 Å². The highest BCUT2D eigenvalue weighted by Gasteiger charge is 2.28. The molecule has 3 rings (SSSR count). The zero-order valence-electron chi connectivity index (χ0n) is 15.0. The molecule has 2 aromatic rings. The molecule has 1 aromatic heterocycles. The van der Waals surface area contributed by atoms with Crippen molar-refractivity contribution in [2.45, 2.75) is 38.8 Å². The predicted molar refractivity (Wildman–Crippen MR) is 102 cm³/mol. The molecule has 1 aromatic carbocycles. The Hall–Kier alpha value is -2.07. The largest absolute Gasteiger partial charge is 0.359 e. The van der Waals surface area contributed by atoms with Gasteiger partial charge in [0.15, 0.2) is 0 Å². The van der Waals surface area contributed by atoms with Crippen LogP contribution in [-0.4, -0.2) is 47.3 Å². The minimum Gasteiger partial charge on any atom is -0.359 e. The van der Waals surface area contributed by atoms with Crippen LogP contribution in [0.2, 0.25) is 0 Å². The number of amidine groups is 1. The van der Waals surface area contributed by atoms with E-state index in [9.17, 15) is 0 Å². The summed E-state index contributed by atoms with van der Waals surface area (Å²) in [5, 5.41) is 1.34. The molecular formula is C20H28N4. The molecule has 0 radical (unpaired) electrons. The van der Waals surface area contributed by atoms with Crippen molar-refractivity contribution >= 4 is 16.7 Å². The highest BCUT2D eigenvalue weighted by Crippen LogP contribution is 2.26. The van der Waals surface area contributed by atoms with Crippen molar-refractivity contribution in [3.8, 4) is 0 Å². The van der Waals surface area contributed by atoms with E-state index in [-0.39, 0.29) is 0 Å². The van der Waals surface area contributed by atoms with Crippen molar-refractivity contribution < 1.29 is 0 Å². The van der Waals surface area contributed by atoms with Gasteiger partial charge in [0.05, 0.1) is 6.04 Å². The minimum atomic E-state index is 0.363. The second-order valence-corrected chi connectivity index (χ2v) is 6.69. The Balaban J connectivity index is 1.89. The number of likely N-dealkylation sites (tertiary alicyclic amines) is 1. The molecule has 128 valence electrons. The Morgan fingerprint density at radius 2 is 2.29 bits per heavy atom. The number of piperidine rings is 1. The van der Waals surface area contributed by atoms with Gasteiger partial charge in [0.25, 0.3) is 0 Å². The Bertz CT molecular complexity index is 743. The van der Waals surface area contributed by atoms with Crippen LogP contribution in [0, 0.1) is 6.92 Å². The third-order valence-corrected chi connectivity index (χ3v) is 5.04. The maximum Gasteiger partial charge on any atom is 0.120 e. The topological polar surface area (TPSA) is 34.6 Å². The van der Waals surface area contributed by atoms with Crippen LogP contribution in [0.1, 0.15) is 30.5 Å². The molecule has 1 aliphatic heterocycles. The number of hydrogen-bond donors (Lipinski definition) is 1. The maximum absolute atomic E-state index is 4.56. The van der Waals surface area contributed by atoms with E-state index in [0.717, 1.165) is 25.3 Å². The monoisotopic (exact) mass is 324 g/mol. The smallest absolute Gasteiger partial charge is 0.120 e. The van der Waals surface area contributed by atoms with Gasteiger partial charge in [0, 0.05) is 37.2 Å². The number of nitrogens with one attached hydrogen (secondary N) is 1. The average molecular weight is 324 g/mol. The van der Waals surface area contributed by atoms with E-state index in [0.29, 0.717) is 6.04 Å². The molecule has 1 unspecified atom stereocenters. The van der Waals surface area contributed by atoms with Crippen LogP contribution < -0.4 is 0 Å². The Kier molecular flexibility index (Phi) is 5.05. The normalized spacial score (nSPS) is 19.6. The van der Waals surface area contributed by atoms with Gasteiger partial charge < -0.3 is 9.88 Å². The summed E-state index contributed by atoms with van der Waals surface area (Å²) in [4.78, 5) is 12.6. The first-order chi connectivity index (χ1) is 11.6. The maximum atomic E-state index is 4.56.